The Labute approximate surface area is 145 Å². The number of hydrogen-bond donors (Lipinski definition) is 2. The zero-order chi connectivity index (χ0) is 17.8. The number of nitrogens with one attached hydrogen (secondary N) is 2. The number of nitrogens with zero attached hydrogens (tertiary/aromatic N) is 1. The Morgan fingerprint density at radius 2 is 1.92 bits per heavy atom. The van der Waals surface area contributed by atoms with E-state index in [2.05, 4.69) is 35.5 Å². The SMILES string of the molecule is COCCOc1ccc(/C=N/NC(=O)NCCC[Si](C)(C)C)cc1. The third-order valence-electron chi connectivity index (χ3n) is 3.21. The van der Waals surface area contributed by atoms with Crippen LogP contribution in [0.3, 0.4) is 0 Å². The van der Waals surface area contributed by atoms with Gasteiger partial charge in [-0.2, -0.15) is 5.10 Å². The molecule has 1 rings (SSSR count). The van der Waals surface area contributed by atoms with Crippen LogP contribution in [0.5, 0.6) is 5.75 Å². The Morgan fingerprint density at radius 1 is 1.21 bits per heavy atom. The summed E-state index contributed by atoms with van der Waals surface area (Å²) in [6.07, 6.45) is 2.61. The molecule has 2 amide bonds. The first kappa shape index (κ1) is 20.2. The van der Waals surface area contributed by atoms with Gasteiger partial charge in [-0.05, 0) is 36.2 Å². The summed E-state index contributed by atoms with van der Waals surface area (Å²) in [5.41, 5.74) is 3.35. The fraction of sp³-hybridized carbons (Fsp3) is 0.529. The molecule has 0 atom stereocenters. The van der Waals surface area contributed by atoms with E-state index in [0.717, 1.165) is 17.7 Å². The van der Waals surface area contributed by atoms with Gasteiger partial charge in [-0.15, -0.1) is 0 Å². The van der Waals surface area contributed by atoms with Crippen molar-refractivity contribution in [2.24, 2.45) is 5.10 Å². The number of hydrazone groups is 1. The van der Waals surface area contributed by atoms with E-state index in [-0.39, 0.29) is 6.03 Å². The van der Waals surface area contributed by atoms with E-state index in [1.54, 1.807) is 13.3 Å². The predicted molar refractivity (Wildman–Crippen MR) is 101 cm³/mol. The summed E-state index contributed by atoms with van der Waals surface area (Å²) in [5, 5.41) is 6.74. The number of amides is 2. The second-order valence-electron chi connectivity index (χ2n) is 6.70. The number of urea groups is 1. The van der Waals surface area contributed by atoms with Crippen LogP contribution in [0.4, 0.5) is 4.79 Å². The highest BCUT2D eigenvalue weighted by atomic mass is 28.3. The van der Waals surface area contributed by atoms with Crippen molar-refractivity contribution in [3.63, 3.8) is 0 Å². The van der Waals surface area contributed by atoms with Gasteiger partial charge in [-0.1, -0.05) is 25.7 Å². The van der Waals surface area contributed by atoms with Crippen LogP contribution in [0, 0.1) is 0 Å². The monoisotopic (exact) mass is 351 g/mol. The predicted octanol–water partition coefficient (Wildman–Crippen LogP) is 3.07. The summed E-state index contributed by atoms with van der Waals surface area (Å²) in [5.74, 6) is 0.775. The van der Waals surface area contributed by atoms with E-state index in [1.807, 2.05) is 24.3 Å². The Balaban J connectivity index is 2.24. The molecule has 1 aromatic rings. The highest BCUT2D eigenvalue weighted by molar-refractivity contribution is 6.76. The molecule has 0 heterocycles. The molecule has 0 aliphatic carbocycles. The van der Waals surface area contributed by atoms with E-state index >= 15 is 0 Å². The zero-order valence-electron chi connectivity index (χ0n) is 15.1. The second kappa shape index (κ2) is 10.8. The maximum Gasteiger partial charge on any atom is 0.335 e. The van der Waals surface area contributed by atoms with Crippen LogP contribution in [0.2, 0.25) is 25.7 Å². The van der Waals surface area contributed by atoms with Gasteiger partial charge in [0.15, 0.2) is 0 Å². The quantitative estimate of drug-likeness (QED) is 0.294. The van der Waals surface area contributed by atoms with E-state index in [1.165, 1.54) is 6.04 Å². The lowest BCUT2D eigenvalue weighted by atomic mass is 10.2. The molecule has 0 radical (unpaired) electrons. The molecule has 1 aromatic carbocycles. The maximum atomic E-state index is 11.6. The average molecular weight is 352 g/mol. The molecule has 0 aromatic heterocycles. The van der Waals surface area contributed by atoms with Gasteiger partial charge >= 0.3 is 6.03 Å². The van der Waals surface area contributed by atoms with E-state index in [4.69, 9.17) is 9.47 Å². The van der Waals surface area contributed by atoms with Crippen LogP contribution in [-0.2, 0) is 4.74 Å². The molecule has 0 bridgehead atoms. The molecule has 0 aliphatic heterocycles. The number of methoxy groups -OCH3 is 1. The molecular weight excluding hydrogens is 322 g/mol. The lowest BCUT2D eigenvalue weighted by molar-refractivity contribution is 0.146. The minimum absolute atomic E-state index is 0.277. The van der Waals surface area contributed by atoms with Gasteiger partial charge in [0.1, 0.15) is 12.4 Å². The van der Waals surface area contributed by atoms with Crippen molar-refractivity contribution in [1.82, 2.24) is 10.7 Å². The van der Waals surface area contributed by atoms with Crippen LogP contribution in [0.25, 0.3) is 0 Å². The Kier molecular flexibility index (Phi) is 9.10. The first-order valence-corrected chi connectivity index (χ1v) is 11.9. The third-order valence-corrected chi connectivity index (χ3v) is 5.06. The average Bonchev–Trinajstić information content (AvgIpc) is 2.52. The van der Waals surface area contributed by atoms with Crippen LogP contribution < -0.4 is 15.5 Å². The second-order valence-corrected chi connectivity index (χ2v) is 12.3. The largest absolute Gasteiger partial charge is 0.491 e. The summed E-state index contributed by atoms with van der Waals surface area (Å²) < 4.78 is 10.4. The van der Waals surface area contributed by atoms with Gasteiger partial charge < -0.3 is 14.8 Å². The molecule has 24 heavy (non-hydrogen) atoms. The number of benzene rings is 1. The molecule has 7 heteroatoms. The molecule has 0 unspecified atom stereocenters. The summed E-state index contributed by atoms with van der Waals surface area (Å²) in [7, 11) is 0.604. The third kappa shape index (κ3) is 10.0. The molecule has 134 valence electrons. The van der Waals surface area contributed by atoms with E-state index in [9.17, 15) is 4.79 Å². The van der Waals surface area contributed by atoms with Gasteiger partial charge in [0, 0.05) is 21.7 Å². The molecular formula is C17H29N3O3Si. The van der Waals surface area contributed by atoms with Crippen molar-refractivity contribution in [3.05, 3.63) is 29.8 Å². The van der Waals surface area contributed by atoms with Crippen molar-refractivity contribution >= 4 is 20.3 Å². The first-order valence-electron chi connectivity index (χ1n) is 8.19. The minimum Gasteiger partial charge on any atom is -0.491 e. The van der Waals surface area contributed by atoms with Crippen molar-refractivity contribution < 1.29 is 14.3 Å². The highest BCUT2D eigenvalue weighted by Crippen LogP contribution is 2.11. The molecule has 0 saturated carbocycles. The number of ether oxygens (including phenoxy) is 2. The van der Waals surface area contributed by atoms with Gasteiger partial charge in [0.25, 0.3) is 0 Å². The fourth-order valence-corrected chi connectivity index (χ4v) is 3.16. The fourth-order valence-electron chi connectivity index (χ4n) is 1.92. The molecule has 0 fully saturated rings. The number of carbonyl (C=O) groups is 1. The van der Waals surface area contributed by atoms with E-state index < -0.39 is 8.07 Å². The molecule has 0 aliphatic rings. The number of hydrogen-bond acceptors (Lipinski definition) is 4. The zero-order valence-corrected chi connectivity index (χ0v) is 16.1. The molecule has 6 nitrogen and oxygen atoms in total. The topological polar surface area (TPSA) is 72.0 Å². The van der Waals surface area contributed by atoms with Gasteiger partial charge in [-0.3, -0.25) is 0 Å². The molecule has 0 spiro atoms. The van der Waals surface area contributed by atoms with Crippen molar-refractivity contribution in [3.8, 4) is 5.75 Å². The molecule has 0 saturated heterocycles. The van der Waals surface area contributed by atoms with Gasteiger partial charge in [0.2, 0.25) is 0 Å². The standard InChI is InChI=1S/C17H29N3O3Si/c1-22-11-12-23-16-8-6-15(7-9-16)14-19-20-17(21)18-10-5-13-24(2,3)4/h6-9,14H,5,10-13H2,1-4H3,(H2,18,20,21)/b19-14+. The molecule has 2 N–H and O–H groups in total. The Bertz CT molecular complexity index is 513. The summed E-state index contributed by atoms with van der Waals surface area (Å²) in [4.78, 5) is 11.6. The Morgan fingerprint density at radius 3 is 2.54 bits per heavy atom. The van der Waals surface area contributed by atoms with Crippen LogP contribution >= 0.6 is 0 Å². The number of rotatable bonds is 10. The van der Waals surface area contributed by atoms with Crippen molar-refractivity contribution in [2.75, 3.05) is 26.9 Å². The van der Waals surface area contributed by atoms with Crippen molar-refractivity contribution in [1.29, 1.82) is 0 Å². The smallest absolute Gasteiger partial charge is 0.335 e. The van der Waals surface area contributed by atoms with Crippen molar-refractivity contribution in [2.45, 2.75) is 32.1 Å². The summed E-state index contributed by atoms with van der Waals surface area (Å²) >= 11 is 0. The minimum atomic E-state index is -1.03. The van der Waals surface area contributed by atoms with E-state index in [0.29, 0.717) is 19.8 Å². The Hall–Kier alpha value is -1.86. The lowest BCUT2D eigenvalue weighted by Crippen LogP contribution is -2.33. The summed E-state index contributed by atoms with van der Waals surface area (Å²) in [6.45, 7) is 8.73. The van der Waals surface area contributed by atoms with Gasteiger partial charge in [-0.25, -0.2) is 10.2 Å². The summed E-state index contributed by atoms with van der Waals surface area (Å²) in [6, 6.07) is 8.38. The first-order chi connectivity index (χ1) is 11.4. The van der Waals surface area contributed by atoms with Crippen LogP contribution in [-0.4, -0.2) is 47.2 Å². The highest BCUT2D eigenvalue weighted by Gasteiger charge is 2.11. The lowest BCUT2D eigenvalue weighted by Gasteiger charge is -2.15. The number of carbonyl (C=O) groups excluding carboxylic acids is 1. The van der Waals surface area contributed by atoms with Crippen LogP contribution in [0.1, 0.15) is 12.0 Å². The van der Waals surface area contributed by atoms with Crippen LogP contribution in [0.15, 0.2) is 29.4 Å². The maximum absolute atomic E-state index is 11.6. The normalized spacial score (nSPS) is 11.5. The van der Waals surface area contributed by atoms with Gasteiger partial charge in [0.05, 0.1) is 12.8 Å².